The number of H-pyrrole nitrogens is 1. The summed E-state index contributed by atoms with van der Waals surface area (Å²) < 4.78 is 11.3. The van der Waals surface area contributed by atoms with Crippen molar-refractivity contribution >= 4 is 28.0 Å². The zero-order valence-electron chi connectivity index (χ0n) is 23.1. The molecule has 6 heteroatoms. The molecule has 5 rings (SSSR count). The lowest BCUT2D eigenvalue weighted by Gasteiger charge is -2.25. The number of unbranched alkanes of at least 4 members (excludes halogenated alkanes) is 2. The molecular formula is C34H37N3O3. The molecule has 0 bridgehead atoms. The number of allylic oxidation sites excluding steroid dienone is 2. The minimum Gasteiger partial charge on any atom is -0.494 e. The predicted molar refractivity (Wildman–Crippen MR) is 161 cm³/mol. The van der Waals surface area contributed by atoms with E-state index in [4.69, 9.17) is 9.47 Å². The molecular weight excluding hydrogens is 498 g/mol. The number of carbonyl (C=O) groups excluding carboxylic acids is 1. The molecule has 1 aliphatic heterocycles. The van der Waals surface area contributed by atoms with Crippen molar-refractivity contribution in [3.8, 4) is 5.75 Å². The number of aromatic nitrogens is 2. The van der Waals surface area contributed by atoms with Gasteiger partial charge in [0.1, 0.15) is 5.75 Å². The largest absolute Gasteiger partial charge is 0.494 e. The summed E-state index contributed by atoms with van der Waals surface area (Å²) in [6.07, 6.45) is 9.23. The molecule has 0 spiro atoms. The first-order valence-corrected chi connectivity index (χ1v) is 14.2. The third-order valence-electron chi connectivity index (χ3n) is 7.27. The molecule has 1 fully saturated rings. The van der Waals surface area contributed by atoms with E-state index in [0.29, 0.717) is 32.9 Å². The molecule has 206 valence electrons. The third kappa shape index (κ3) is 6.88. The van der Waals surface area contributed by atoms with Crippen LogP contribution >= 0.6 is 0 Å². The maximum absolute atomic E-state index is 12.2. The number of nitrogens with zero attached hydrogens (tertiary/aromatic N) is 2. The lowest BCUT2D eigenvalue weighted by atomic mass is 9.88. The summed E-state index contributed by atoms with van der Waals surface area (Å²) in [6.45, 7) is 5.47. The van der Waals surface area contributed by atoms with Crippen LogP contribution in [0.25, 0.3) is 22.0 Å². The van der Waals surface area contributed by atoms with E-state index in [1.54, 1.807) is 6.08 Å². The van der Waals surface area contributed by atoms with Crippen molar-refractivity contribution in [1.29, 1.82) is 0 Å². The molecule has 1 aliphatic rings. The maximum Gasteiger partial charge on any atom is 0.246 e. The number of benzene rings is 3. The minimum absolute atomic E-state index is 0.0799. The summed E-state index contributed by atoms with van der Waals surface area (Å²) in [6, 6.07) is 25.5. The smallest absolute Gasteiger partial charge is 0.246 e. The van der Waals surface area contributed by atoms with Crippen LogP contribution in [-0.2, 0) is 9.53 Å². The van der Waals surface area contributed by atoms with Gasteiger partial charge in [0.25, 0.3) is 0 Å². The van der Waals surface area contributed by atoms with E-state index in [1.807, 2.05) is 17.2 Å². The molecule has 2 heterocycles. The highest BCUT2D eigenvalue weighted by atomic mass is 16.5. The number of ether oxygens (including phenoxy) is 2. The number of aromatic amines is 1. The molecule has 4 aromatic rings. The van der Waals surface area contributed by atoms with Crippen molar-refractivity contribution < 1.29 is 14.3 Å². The van der Waals surface area contributed by atoms with Gasteiger partial charge in [-0.05, 0) is 83.9 Å². The molecule has 0 unspecified atom stereocenters. The van der Waals surface area contributed by atoms with Gasteiger partial charge >= 0.3 is 0 Å². The van der Waals surface area contributed by atoms with E-state index in [9.17, 15) is 4.79 Å². The molecule has 0 saturated carbocycles. The topological polar surface area (TPSA) is 67.4 Å². The van der Waals surface area contributed by atoms with Crippen LogP contribution in [0.2, 0.25) is 0 Å². The number of morpholine rings is 1. The molecule has 1 saturated heterocycles. The zero-order chi connectivity index (χ0) is 27.6. The van der Waals surface area contributed by atoms with Crippen LogP contribution in [0.4, 0.5) is 0 Å². The van der Waals surface area contributed by atoms with Gasteiger partial charge < -0.3 is 14.4 Å². The first-order valence-electron chi connectivity index (χ1n) is 14.2. The van der Waals surface area contributed by atoms with Crippen LogP contribution in [0.3, 0.4) is 0 Å². The first-order chi connectivity index (χ1) is 19.7. The Balaban J connectivity index is 1.23. The minimum atomic E-state index is 0.0799. The van der Waals surface area contributed by atoms with E-state index < -0.39 is 0 Å². The SMILES string of the molecule is CC/C(=C(/c1ccc(OCCCC/C=C/C(=O)N2CCOCC2)cc1)c1ccc2[nH]ncc2c1)c1ccccc1. The Bertz CT molecular complexity index is 1450. The Morgan fingerprint density at radius 3 is 2.52 bits per heavy atom. The van der Waals surface area contributed by atoms with Crippen molar-refractivity contribution in [2.24, 2.45) is 0 Å². The van der Waals surface area contributed by atoms with Gasteiger partial charge in [0, 0.05) is 18.5 Å². The summed E-state index contributed by atoms with van der Waals surface area (Å²) >= 11 is 0. The number of carbonyl (C=O) groups is 1. The quantitative estimate of drug-likeness (QED) is 0.129. The number of hydrogen-bond donors (Lipinski definition) is 1. The molecule has 3 aromatic carbocycles. The van der Waals surface area contributed by atoms with E-state index >= 15 is 0 Å². The van der Waals surface area contributed by atoms with Crippen LogP contribution in [0.1, 0.15) is 49.3 Å². The molecule has 0 atom stereocenters. The van der Waals surface area contributed by atoms with Crippen molar-refractivity contribution in [2.75, 3.05) is 32.9 Å². The van der Waals surface area contributed by atoms with E-state index in [-0.39, 0.29) is 5.91 Å². The predicted octanol–water partition coefficient (Wildman–Crippen LogP) is 6.90. The van der Waals surface area contributed by atoms with E-state index in [1.165, 1.54) is 22.3 Å². The Labute approximate surface area is 236 Å². The molecule has 0 radical (unpaired) electrons. The molecule has 1 amide bonds. The lowest BCUT2D eigenvalue weighted by molar-refractivity contribution is -0.129. The third-order valence-corrected chi connectivity index (χ3v) is 7.27. The average Bonchev–Trinajstić information content (AvgIpc) is 3.49. The standard InChI is InChI=1S/C34H37N3O3/c1-2-31(26-10-6-5-7-11-26)34(28-15-18-32-29(24-28)25-35-36-32)27-13-16-30(17-14-27)40-21-9-4-3-8-12-33(38)37-19-22-39-23-20-37/h5-8,10-18,24-25H,2-4,9,19-23H2,1H3,(H,35,36)/b12-8+,34-31+. The van der Waals surface area contributed by atoms with Gasteiger partial charge in [-0.25, -0.2) is 0 Å². The van der Waals surface area contributed by atoms with Crippen molar-refractivity contribution in [1.82, 2.24) is 15.1 Å². The van der Waals surface area contributed by atoms with Gasteiger partial charge in [-0.2, -0.15) is 5.10 Å². The Morgan fingerprint density at radius 2 is 1.75 bits per heavy atom. The lowest BCUT2D eigenvalue weighted by Crippen LogP contribution is -2.39. The maximum atomic E-state index is 12.2. The Hall–Kier alpha value is -4.16. The van der Waals surface area contributed by atoms with Gasteiger partial charge in [-0.1, -0.05) is 61.5 Å². The number of fused-ring (bicyclic) bond motifs is 1. The van der Waals surface area contributed by atoms with E-state index in [2.05, 4.69) is 89.9 Å². The van der Waals surface area contributed by atoms with Crippen molar-refractivity contribution in [2.45, 2.75) is 32.6 Å². The highest BCUT2D eigenvalue weighted by Crippen LogP contribution is 2.36. The van der Waals surface area contributed by atoms with Crippen molar-refractivity contribution in [3.05, 3.63) is 108 Å². The summed E-state index contributed by atoms with van der Waals surface area (Å²) in [5.74, 6) is 0.945. The normalized spacial score (nSPS) is 14.5. The second-order valence-electron chi connectivity index (χ2n) is 9.95. The van der Waals surface area contributed by atoms with Gasteiger partial charge in [-0.3, -0.25) is 9.89 Å². The van der Waals surface area contributed by atoms with Crippen LogP contribution in [0.5, 0.6) is 5.75 Å². The number of nitrogens with one attached hydrogen (secondary N) is 1. The number of hydrogen-bond acceptors (Lipinski definition) is 4. The van der Waals surface area contributed by atoms with Crippen LogP contribution < -0.4 is 4.74 Å². The van der Waals surface area contributed by atoms with Crippen LogP contribution in [0, 0.1) is 0 Å². The molecule has 6 nitrogen and oxygen atoms in total. The monoisotopic (exact) mass is 535 g/mol. The molecule has 1 aromatic heterocycles. The Morgan fingerprint density at radius 1 is 0.975 bits per heavy atom. The van der Waals surface area contributed by atoms with Gasteiger partial charge in [0.15, 0.2) is 0 Å². The summed E-state index contributed by atoms with van der Waals surface area (Å²) in [4.78, 5) is 14.0. The van der Waals surface area contributed by atoms with Gasteiger partial charge in [0.2, 0.25) is 5.91 Å². The van der Waals surface area contributed by atoms with Crippen LogP contribution in [0.15, 0.2) is 91.1 Å². The van der Waals surface area contributed by atoms with Crippen LogP contribution in [-0.4, -0.2) is 53.9 Å². The number of rotatable bonds is 11. The molecule has 0 aliphatic carbocycles. The van der Waals surface area contributed by atoms with Crippen molar-refractivity contribution in [3.63, 3.8) is 0 Å². The number of amides is 1. The van der Waals surface area contributed by atoms with E-state index in [0.717, 1.165) is 47.9 Å². The first kappa shape index (κ1) is 27.4. The second kappa shape index (κ2) is 13.8. The molecule has 1 N–H and O–H groups in total. The fourth-order valence-corrected chi connectivity index (χ4v) is 5.12. The highest BCUT2D eigenvalue weighted by molar-refractivity contribution is 6.00. The molecule has 40 heavy (non-hydrogen) atoms. The Kier molecular flexibility index (Phi) is 9.43. The fraction of sp³-hybridized carbons (Fsp3) is 0.294. The average molecular weight is 536 g/mol. The zero-order valence-corrected chi connectivity index (χ0v) is 23.1. The fourth-order valence-electron chi connectivity index (χ4n) is 5.12. The summed E-state index contributed by atoms with van der Waals surface area (Å²) in [5.41, 5.74) is 7.12. The van der Waals surface area contributed by atoms with Gasteiger partial charge in [0.05, 0.1) is 31.5 Å². The van der Waals surface area contributed by atoms with Gasteiger partial charge in [-0.15, -0.1) is 0 Å². The summed E-state index contributed by atoms with van der Waals surface area (Å²) in [5, 5.41) is 8.36. The highest BCUT2D eigenvalue weighted by Gasteiger charge is 2.15. The summed E-state index contributed by atoms with van der Waals surface area (Å²) in [7, 11) is 0. The second-order valence-corrected chi connectivity index (χ2v) is 9.95.